The quantitative estimate of drug-likeness (QED) is 0.789. The molecule has 2 aromatic rings. The molecular weight excluding hydrogens is 256 g/mol. The summed E-state index contributed by atoms with van der Waals surface area (Å²) >= 11 is 0. The molecule has 20 heavy (non-hydrogen) atoms. The third-order valence-corrected chi connectivity index (χ3v) is 2.75. The largest absolute Gasteiger partial charge is 0.507 e. The maximum atomic E-state index is 11.8. The van der Waals surface area contributed by atoms with Crippen molar-refractivity contribution >= 4 is 17.5 Å². The zero-order chi connectivity index (χ0) is 14.5. The number of hydrogen-bond acceptors (Lipinski definition) is 3. The first-order valence-electron chi connectivity index (χ1n) is 6.03. The number of hydrogen-bond donors (Lipinski definition) is 3. The molecule has 102 valence electrons. The summed E-state index contributed by atoms with van der Waals surface area (Å²) in [5.41, 5.74) is 6.40. The van der Waals surface area contributed by atoms with Crippen molar-refractivity contribution in [2.75, 3.05) is 5.32 Å². The van der Waals surface area contributed by atoms with Crippen LogP contribution in [0.25, 0.3) is 0 Å². The Bertz CT molecular complexity index is 639. The predicted octanol–water partition coefficient (Wildman–Crippen LogP) is 1.67. The van der Waals surface area contributed by atoms with E-state index in [2.05, 4.69) is 5.32 Å². The summed E-state index contributed by atoms with van der Waals surface area (Å²) in [6, 6.07) is 13.5. The molecule has 4 N–H and O–H groups in total. The van der Waals surface area contributed by atoms with Gasteiger partial charge in [-0.25, -0.2) is 0 Å². The second-order valence-corrected chi connectivity index (χ2v) is 4.31. The van der Waals surface area contributed by atoms with Crippen LogP contribution in [-0.2, 0) is 11.2 Å². The van der Waals surface area contributed by atoms with Gasteiger partial charge in [0.25, 0.3) is 5.91 Å². The lowest BCUT2D eigenvalue weighted by Crippen LogP contribution is -2.15. The molecular formula is C15H14N2O3. The van der Waals surface area contributed by atoms with E-state index in [1.54, 1.807) is 0 Å². The lowest BCUT2D eigenvalue weighted by atomic mass is 10.1. The average Bonchev–Trinajstić information content (AvgIpc) is 2.39. The Balaban J connectivity index is 2.05. The number of amides is 2. The van der Waals surface area contributed by atoms with E-state index in [0.717, 1.165) is 5.56 Å². The van der Waals surface area contributed by atoms with Gasteiger partial charge in [0.1, 0.15) is 5.75 Å². The molecule has 5 heteroatoms. The number of nitrogens with two attached hydrogens (primary N) is 1. The summed E-state index contributed by atoms with van der Waals surface area (Å²) in [4.78, 5) is 22.8. The van der Waals surface area contributed by atoms with Crippen molar-refractivity contribution in [3.63, 3.8) is 0 Å². The molecule has 0 bridgehead atoms. The Morgan fingerprint density at radius 2 is 1.80 bits per heavy atom. The van der Waals surface area contributed by atoms with Crippen molar-refractivity contribution in [1.29, 1.82) is 0 Å². The van der Waals surface area contributed by atoms with Crippen molar-refractivity contribution < 1.29 is 14.7 Å². The Hall–Kier alpha value is -2.82. The molecule has 0 unspecified atom stereocenters. The highest BCUT2D eigenvalue weighted by molar-refractivity contribution is 5.97. The topological polar surface area (TPSA) is 92.4 Å². The Labute approximate surface area is 116 Å². The van der Waals surface area contributed by atoms with Crippen LogP contribution in [0, 0.1) is 0 Å². The lowest BCUT2D eigenvalue weighted by Gasteiger charge is -2.07. The Morgan fingerprint density at radius 3 is 2.40 bits per heavy atom. The summed E-state index contributed by atoms with van der Waals surface area (Å²) in [6.45, 7) is 0. The maximum absolute atomic E-state index is 11.8. The van der Waals surface area contributed by atoms with Gasteiger partial charge in [-0.05, 0) is 17.7 Å². The maximum Gasteiger partial charge on any atom is 0.252 e. The van der Waals surface area contributed by atoms with E-state index >= 15 is 0 Å². The molecule has 0 atom stereocenters. The fourth-order valence-corrected chi connectivity index (χ4v) is 1.80. The highest BCUT2D eigenvalue weighted by Gasteiger charge is 2.09. The number of aromatic hydroxyl groups is 1. The Morgan fingerprint density at radius 1 is 1.10 bits per heavy atom. The van der Waals surface area contributed by atoms with Crippen LogP contribution < -0.4 is 11.1 Å². The number of anilines is 1. The van der Waals surface area contributed by atoms with Crippen molar-refractivity contribution in [1.82, 2.24) is 0 Å². The van der Waals surface area contributed by atoms with E-state index in [9.17, 15) is 14.7 Å². The number of phenols is 1. The first-order chi connectivity index (χ1) is 9.56. The SMILES string of the molecule is NC(=O)c1ccc(NC(=O)Cc2ccccc2)cc1O. The van der Waals surface area contributed by atoms with Gasteiger partial charge in [0.2, 0.25) is 5.91 Å². The number of carbonyl (C=O) groups excluding carboxylic acids is 2. The van der Waals surface area contributed by atoms with Crippen molar-refractivity contribution in [3.8, 4) is 5.75 Å². The number of benzene rings is 2. The summed E-state index contributed by atoms with van der Waals surface area (Å²) in [5.74, 6) is -1.18. The van der Waals surface area contributed by atoms with Crippen LogP contribution in [0.3, 0.4) is 0 Å². The normalized spacial score (nSPS) is 10.0. The minimum absolute atomic E-state index is 0.0195. The second-order valence-electron chi connectivity index (χ2n) is 4.31. The second kappa shape index (κ2) is 5.88. The van der Waals surface area contributed by atoms with Crippen molar-refractivity contribution in [2.45, 2.75) is 6.42 Å². The molecule has 0 aromatic heterocycles. The number of nitrogens with one attached hydrogen (secondary N) is 1. The van der Waals surface area contributed by atoms with Gasteiger partial charge in [0, 0.05) is 11.8 Å². The fourth-order valence-electron chi connectivity index (χ4n) is 1.80. The minimum Gasteiger partial charge on any atom is -0.507 e. The van der Waals surface area contributed by atoms with Gasteiger partial charge in [-0.15, -0.1) is 0 Å². The van der Waals surface area contributed by atoms with Crippen LogP contribution in [0.15, 0.2) is 48.5 Å². The molecule has 0 aliphatic heterocycles. The number of primary amides is 1. The van der Waals surface area contributed by atoms with Crippen LogP contribution in [0.4, 0.5) is 5.69 Å². The van der Waals surface area contributed by atoms with Crippen LogP contribution in [0.5, 0.6) is 5.75 Å². The summed E-state index contributed by atoms with van der Waals surface area (Å²) in [6.07, 6.45) is 0.235. The average molecular weight is 270 g/mol. The third-order valence-electron chi connectivity index (χ3n) is 2.75. The van der Waals surface area contributed by atoms with Crippen LogP contribution >= 0.6 is 0 Å². The highest BCUT2D eigenvalue weighted by atomic mass is 16.3. The van der Waals surface area contributed by atoms with E-state index in [1.807, 2.05) is 30.3 Å². The zero-order valence-electron chi connectivity index (χ0n) is 10.7. The van der Waals surface area contributed by atoms with E-state index in [1.165, 1.54) is 18.2 Å². The summed E-state index contributed by atoms with van der Waals surface area (Å²) in [7, 11) is 0. The molecule has 0 aliphatic rings. The molecule has 0 saturated heterocycles. The van der Waals surface area contributed by atoms with Crippen molar-refractivity contribution in [2.24, 2.45) is 5.73 Å². The van der Waals surface area contributed by atoms with E-state index in [0.29, 0.717) is 5.69 Å². The fraction of sp³-hybridized carbons (Fsp3) is 0.0667. The summed E-state index contributed by atoms with van der Waals surface area (Å²) < 4.78 is 0. The first-order valence-corrected chi connectivity index (χ1v) is 6.03. The van der Waals surface area contributed by atoms with E-state index in [-0.39, 0.29) is 23.6 Å². The molecule has 0 heterocycles. The zero-order valence-corrected chi connectivity index (χ0v) is 10.7. The third kappa shape index (κ3) is 3.35. The molecule has 2 rings (SSSR count). The van der Waals surface area contributed by atoms with Gasteiger partial charge >= 0.3 is 0 Å². The molecule has 0 radical (unpaired) electrons. The standard InChI is InChI=1S/C15H14N2O3/c16-15(20)12-7-6-11(9-13(12)18)17-14(19)8-10-4-2-1-3-5-10/h1-7,9,18H,8H2,(H2,16,20)(H,17,19). The smallest absolute Gasteiger partial charge is 0.252 e. The summed E-state index contributed by atoms with van der Waals surface area (Å²) in [5, 5.41) is 12.3. The van der Waals surface area contributed by atoms with Gasteiger partial charge < -0.3 is 16.2 Å². The number of rotatable bonds is 4. The van der Waals surface area contributed by atoms with Gasteiger partial charge in [0.05, 0.1) is 12.0 Å². The predicted molar refractivity (Wildman–Crippen MR) is 75.4 cm³/mol. The van der Waals surface area contributed by atoms with Crippen molar-refractivity contribution in [3.05, 3.63) is 59.7 Å². The first kappa shape index (κ1) is 13.6. The van der Waals surface area contributed by atoms with E-state index < -0.39 is 5.91 Å². The molecule has 2 amide bonds. The van der Waals surface area contributed by atoms with Gasteiger partial charge in [-0.2, -0.15) is 0 Å². The molecule has 0 fully saturated rings. The van der Waals surface area contributed by atoms with Crippen LogP contribution in [-0.4, -0.2) is 16.9 Å². The number of carbonyl (C=O) groups is 2. The molecule has 0 aliphatic carbocycles. The van der Waals surface area contributed by atoms with Gasteiger partial charge in [-0.3, -0.25) is 9.59 Å². The van der Waals surface area contributed by atoms with Gasteiger partial charge in [-0.1, -0.05) is 30.3 Å². The van der Waals surface area contributed by atoms with Crippen LogP contribution in [0.1, 0.15) is 15.9 Å². The highest BCUT2D eigenvalue weighted by Crippen LogP contribution is 2.21. The lowest BCUT2D eigenvalue weighted by molar-refractivity contribution is -0.115. The van der Waals surface area contributed by atoms with E-state index in [4.69, 9.17) is 5.73 Å². The molecule has 0 saturated carbocycles. The minimum atomic E-state index is -0.718. The molecule has 2 aromatic carbocycles. The van der Waals surface area contributed by atoms with Crippen LogP contribution in [0.2, 0.25) is 0 Å². The monoisotopic (exact) mass is 270 g/mol. The Kier molecular flexibility index (Phi) is 4.00. The molecule has 5 nitrogen and oxygen atoms in total. The van der Waals surface area contributed by atoms with Gasteiger partial charge in [0.15, 0.2) is 0 Å². The molecule has 0 spiro atoms.